The van der Waals surface area contributed by atoms with Gasteiger partial charge in [-0.3, -0.25) is 0 Å². The summed E-state index contributed by atoms with van der Waals surface area (Å²) in [7, 11) is 0. The number of halogens is 2. The lowest BCUT2D eigenvalue weighted by Gasteiger charge is -2.10. The van der Waals surface area contributed by atoms with E-state index in [1.807, 2.05) is 30.3 Å². The van der Waals surface area contributed by atoms with Gasteiger partial charge in [0.15, 0.2) is 0 Å². The largest absolute Gasteiger partial charge is 0.313 e. The van der Waals surface area contributed by atoms with Gasteiger partial charge in [0.1, 0.15) is 5.82 Å². The van der Waals surface area contributed by atoms with Crippen molar-refractivity contribution in [2.24, 2.45) is 0 Å². The molecule has 1 nitrogen and oxygen atoms in total. The Morgan fingerprint density at radius 1 is 1.15 bits per heavy atom. The molecule has 1 N–H and O–H groups in total. The van der Waals surface area contributed by atoms with Crippen LogP contribution in [0.3, 0.4) is 0 Å². The monoisotopic (exact) mass is 309 g/mol. The second-order valence-corrected chi connectivity index (χ2v) is 6.04. The van der Waals surface area contributed by atoms with E-state index < -0.39 is 0 Å². The van der Waals surface area contributed by atoms with Gasteiger partial charge in [-0.05, 0) is 61.0 Å². The van der Waals surface area contributed by atoms with Crippen molar-refractivity contribution < 1.29 is 4.39 Å². The van der Waals surface area contributed by atoms with Crippen LogP contribution in [0.4, 0.5) is 4.39 Å². The maximum absolute atomic E-state index is 13.4. The summed E-state index contributed by atoms with van der Waals surface area (Å²) in [4.78, 5) is 2.16. The summed E-state index contributed by atoms with van der Waals surface area (Å²) in [6.07, 6.45) is 1.06. The van der Waals surface area contributed by atoms with Gasteiger partial charge in [-0.15, -0.1) is 0 Å². The molecule has 0 amide bonds. The quantitative estimate of drug-likeness (QED) is 0.742. The predicted molar refractivity (Wildman–Crippen MR) is 84.0 cm³/mol. The van der Waals surface area contributed by atoms with Gasteiger partial charge in [-0.2, -0.15) is 0 Å². The Morgan fingerprint density at radius 2 is 1.90 bits per heavy atom. The maximum Gasteiger partial charge on any atom is 0.123 e. The summed E-state index contributed by atoms with van der Waals surface area (Å²) >= 11 is 7.51. The van der Waals surface area contributed by atoms with E-state index in [9.17, 15) is 4.39 Å². The Balaban J connectivity index is 2.15. The zero-order chi connectivity index (χ0) is 14.4. The molecule has 0 radical (unpaired) electrons. The van der Waals surface area contributed by atoms with Gasteiger partial charge in [-0.1, -0.05) is 30.3 Å². The smallest absolute Gasteiger partial charge is 0.123 e. The van der Waals surface area contributed by atoms with Gasteiger partial charge in [0.05, 0.1) is 0 Å². The van der Waals surface area contributed by atoms with Crippen LogP contribution in [0.5, 0.6) is 0 Å². The molecule has 0 spiro atoms. The molecule has 0 fully saturated rings. The molecule has 2 aromatic carbocycles. The van der Waals surface area contributed by atoms with E-state index >= 15 is 0 Å². The first-order valence-electron chi connectivity index (χ1n) is 6.61. The summed E-state index contributed by atoms with van der Waals surface area (Å²) < 4.78 is 13.4. The Hall–Kier alpha value is -1.03. The molecule has 0 atom stereocenters. The maximum atomic E-state index is 13.4. The van der Waals surface area contributed by atoms with Crippen molar-refractivity contribution in [2.75, 3.05) is 6.54 Å². The number of hydrogen-bond acceptors (Lipinski definition) is 2. The molecule has 0 heterocycles. The average molecular weight is 310 g/mol. The van der Waals surface area contributed by atoms with Gasteiger partial charge in [-0.25, -0.2) is 4.39 Å². The molecule has 0 unspecified atom stereocenters. The first kappa shape index (κ1) is 15.4. The third-order valence-electron chi connectivity index (χ3n) is 2.81. The van der Waals surface area contributed by atoms with Crippen LogP contribution in [0.1, 0.15) is 18.9 Å². The van der Waals surface area contributed by atoms with E-state index in [2.05, 4.69) is 12.2 Å². The van der Waals surface area contributed by atoms with E-state index in [-0.39, 0.29) is 5.82 Å². The highest BCUT2D eigenvalue weighted by atomic mass is 35.5. The van der Waals surface area contributed by atoms with E-state index in [1.165, 1.54) is 6.07 Å². The van der Waals surface area contributed by atoms with E-state index in [0.29, 0.717) is 6.54 Å². The Labute approximate surface area is 128 Å². The minimum Gasteiger partial charge on any atom is -0.313 e. The first-order valence-corrected chi connectivity index (χ1v) is 7.81. The van der Waals surface area contributed by atoms with Crippen molar-refractivity contribution in [3.8, 4) is 0 Å². The first-order chi connectivity index (χ1) is 9.69. The Morgan fingerprint density at radius 3 is 2.60 bits per heavy atom. The van der Waals surface area contributed by atoms with Crippen LogP contribution in [0.15, 0.2) is 52.3 Å². The molecule has 0 bridgehead atoms. The highest BCUT2D eigenvalue weighted by Crippen LogP contribution is 2.31. The van der Waals surface area contributed by atoms with Gasteiger partial charge < -0.3 is 5.32 Å². The summed E-state index contributed by atoms with van der Waals surface area (Å²) in [5.74, 6) is -0.196. The third kappa shape index (κ3) is 4.51. The van der Waals surface area contributed by atoms with Crippen LogP contribution >= 0.6 is 23.4 Å². The lowest BCUT2D eigenvalue weighted by atomic mass is 10.2. The van der Waals surface area contributed by atoms with Crippen LogP contribution in [0, 0.1) is 5.82 Å². The summed E-state index contributed by atoms with van der Waals surface area (Å²) in [5, 5.41) is 4.03. The van der Waals surface area contributed by atoms with Crippen LogP contribution in [-0.4, -0.2) is 6.54 Å². The molecule has 0 aromatic heterocycles. The van der Waals surface area contributed by atoms with Crippen molar-refractivity contribution >= 4 is 23.4 Å². The topological polar surface area (TPSA) is 12.0 Å². The lowest BCUT2D eigenvalue weighted by Crippen LogP contribution is -2.14. The minimum absolute atomic E-state index is 0.196. The van der Waals surface area contributed by atoms with Crippen molar-refractivity contribution in [3.05, 3.63) is 58.9 Å². The zero-order valence-corrected chi connectivity index (χ0v) is 12.9. The van der Waals surface area contributed by atoms with Crippen molar-refractivity contribution in [1.29, 1.82) is 0 Å². The number of rotatable bonds is 6. The molecule has 0 saturated carbocycles. The van der Waals surface area contributed by atoms with Crippen molar-refractivity contribution in [1.82, 2.24) is 5.32 Å². The Bertz CT molecular complexity index is 557. The number of nitrogens with one attached hydrogen (secondary N) is 1. The van der Waals surface area contributed by atoms with Gasteiger partial charge in [0.25, 0.3) is 0 Å². The fraction of sp³-hybridized carbons (Fsp3) is 0.250. The lowest BCUT2D eigenvalue weighted by molar-refractivity contribution is 0.615. The molecule has 0 aliphatic carbocycles. The highest BCUT2D eigenvalue weighted by molar-refractivity contribution is 7.99. The SMILES string of the molecule is CCCNCc1cc(F)ccc1Sc1ccc(Cl)cc1. The molecule has 106 valence electrons. The van der Waals surface area contributed by atoms with Crippen LogP contribution in [0.25, 0.3) is 0 Å². The molecular formula is C16H17ClFNS. The van der Waals surface area contributed by atoms with E-state index in [0.717, 1.165) is 33.3 Å². The van der Waals surface area contributed by atoms with E-state index in [4.69, 9.17) is 11.6 Å². The average Bonchev–Trinajstić information content (AvgIpc) is 2.44. The summed E-state index contributed by atoms with van der Waals surface area (Å²) in [6, 6.07) is 12.6. The number of benzene rings is 2. The van der Waals surface area contributed by atoms with Crippen molar-refractivity contribution in [2.45, 2.75) is 29.7 Å². The minimum atomic E-state index is -0.196. The summed E-state index contributed by atoms with van der Waals surface area (Å²) in [6.45, 7) is 3.73. The predicted octanol–water partition coefficient (Wildman–Crippen LogP) is 5.13. The molecule has 2 aromatic rings. The normalized spacial score (nSPS) is 10.8. The molecular weight excluding hydrogens is 293 g/mol. The molecule has 20 heavy (non-hydrogen) atoms. The highest BCUT2D eigenvalue weighted by Gasteiger charge is 2.06. The van der Waals surface area contributed by atoms with Gasteiger partial charge in [0, 0.05) is 21.4 Å². The molecule has 0 saturated heterocycles. The van der Waals surface area contributed by atoms with Crippen LogP contribution in [-0.2, 0) is 6.54 Å². The Kier molecular flexibility index (Phi) is 5.89. The fourth-order valence-corrected chi connectivity index (χ4v) is 2.87. The standard InChI is InChI=1S/C16H17ClFNS/c1-2-9-19-11-12-10-14(18)5-8-16(12)20-15-6-3-13(17)4-7-15/h3-8,10,19H,2,9,11H2,1H3. The molecule has 0 aliphatic heterocycles. The fourth-order valence-electron chi connectivity index (χ4n) is 1.82. The van der Waals surface area contributed by atoms with Crippen molar-refractivity contribution in [3.63, 3.8) is 0 Å². The summed E-state index contributed by atoms with van der Waals surface area (Å²) in [5.41, 5.74) is 0.985. The van der Waals surface area contributed by atoms with Crippen LogP contribution in [0.2, 0.25) is 5.02 Å². The second-order valence-electron chi connectivity index (χ2n) is 4.48. The van der Waals surface area contributed by atoms with Crippen LogP contribution < -0.4 is 5.32 Å². The second kappa shape index (κ2) is 7.67. The molecule has 4 heteroatoms. The van der Waals surface area contributed by atoms with Gasteiger partial charge >= 0.3 is 0 Å². The van der Waals surface area contributed by atoms with Gasteiger partial charge in [0.2, 0.25) is 0 Å². The molecule has 0 aliphatic rings. The number of hydrogen-bond donors (Lipinski definition) is 1. The van der Waals surface area contributed by atoms with E-state index in [1.54, 1.807) is 17.8 Å². The zero-order valence-electron chi connectivity index (χ0n) is 11.3. The third-order valence-corrected chi connectivity index (χ3v) is 4.18. The molecule has 2 rings (SSSR count).